The lowest BCUT2D eigenvalue weighted by molar-refractivity contribution is 0.00578. The van der Waals surface area contributed by atoms with E-state index < -0.39 is 23.9 Å². The molecule has 0 spiro atoms. The zero-order chi connectivity index (χ0) is 26.3. The van der Waals surface area contributed by atoms with Gasteiger partial charge in [0.15, 0.2) is 0 Å². The fourth-order valence-corrected chi connectivity index (χ4v) is 5.38. The first-order valence-corrected chi connectivity index (χ1v) is 13.5. The van der Waals surface area contributed by atoms with Gasteiger partial charge in [0.2, 0.25) is 0 Å². The summed E-state index contributed by atoms with van der Waals surface area (Å²) in [6, 6.07) is 6.39. The van der Waals surface area contributed by atoms with Gasteiger partial charge in [-0.1, -0.05) is 12.1 Å². The van der Waals surface area contributed by atoms with E-state index in [0.717, 1.165) is 52.5 Å². The number of hydrogen-bond donors (Lipinski definition) is 0. The molecule has 2 aromatic heterocycles. The number of benzene rings is 1. The molecule has 2 aliphatic heterocycles. The summed E-state index contributed by atoms with van der Waals surface area (Å²) < 4.78 is 20.8. The highest BCUT2D eigenvalue weighted by molar-refractivity contribution is 6.62. The maximum atomic E-state index is 12.8. The molecule has 0 bridgehead atoms. The number of ether oxygens (including phenoxy) is 1. The molecule has 9 heteroatoms. The van der Waals surface area contributed by atoms with Gasteiger partial charge in [-0.3, -0.25) is 4.98 Å². The van der Waals surface area contributed by atoms with Crippen molar-refractivity contribution in [3.8, 4) is 0 Å². The highest BCUT2D eigenvalue weighted by Gasteiger charge is 2.51. The van der Waals surface area contributed by atoms with Crippen LogP contribution in [0.4, 0.5) is 4.79 Å². The van der Waals surface area contributed by atoms with Crippen molar-refractivity contribution in [1.29, 1.82) is 0 Å². The van der Waals surface area contributed by atoms with Gasteiger partial charge < -0.3 is 23.5 Å². The van der Waals surface area contributed by atoms with Crippen molar-refractivity contribution in [3.63, 3.8) is 0 Å². The van der Waals surface area contributed by atoms with Crippen LogP contribution in [0.5, 0.6) is 0 Å². The molecule has 37 heavy (non-hydrogen) atoms. The Balaban J connectivity index is 1.42. The van der Waals surface area contributed by atoms with E-state index in [2.05, 4.69) is 38.3 Å². The summed E-state index contributed by atoms with van der Waals surface area (Å²) in [6.45, 7) is 15.3. The van der Waals surface area contributed by atoms with Gasteiger partial charge in [-0.25, -0.2) is 9.78 Å². The Bertz CT molecular complexity index is 1370. The number of carbonyl (C=O) groups excluding carboxylic acids is 1. The van der Waals surface area contributed by atoms with Crippen LogP contribution in [0.3, 0.4) is 0 Å². The molecule has 1 amide bonds. The minimum absolute atomic E-state index is 0.138. The molecule has 1 aromatic carbocycles. The molecule has 8 nitrogen and oxygen atoms in total. The standard InChI is InChI=1S/C28H37BN4O4/c1-26(2,3)35-25(34)32-13-12-19(16-32)33-23-20-14-18(29-36-27(4,5)28(6,7)37-29)10-11-21(20)30-15-22(23)31-24(33)17-8-9-17/h10-11,14-15,17,19H,8-9,12-13,16H2,1-7H3/t19-/m1/s1. The van der Waals surface area contributed by atoms with E-state index in [1.54, 1.807) is 0 Å². The molecule has 4 heterocycles. The van der Waals surface area contributed by atoms with Gasteiger partial charge in [0, 0.05) is 24.4 Å². The summed E-state index contributed by atoms with van der Waals surface area (Å²) in [7, 11) is -0.446. The molecular formula is C28H37BN4O4. The molecule has 3 aromatic rings. The third-order valence-corrected chi connectivity index (χ3v) is 8.22. The lowest BCUT2D eigenvalue weighted by Crippen LogP contribution is -2.41. The topological polar surface area (TPSA) is 78.7 Å². The lowest BCUT2D eigenvalue weighted by Gasteiger charge is -2.32. The largest absolute Gasteiger partial charge is 0.494 e. The summed E-state index contributed by atoms with van der Waals surface area (Å²) in [4.78, 5) is 24.5. The maximum absolute atomic E-state index is 12.8. The lowest BCUT2D eigenvalue weighted by atomic mass is 9.78. The summed E-state index contributed by atoms with van der Waals surface area (Å²) in [5.41, 5.74) is 2.54. The number of rotatable bonds is 3. The average molecular weight is 504 g/mol. The molecule has 3 aliphatic rings. The molecule has 1 atom stereocenters. The number of imidazole rings is 1. The van der Waals surface area contributed by atoms with Crippen molar-refractivity contribution in [2.45, 2.75) is 96.5 Å². The first kappa shape index (κ1) is 24.7. The zero-order valence-electron chi connectivity index (χ0n) is 23.0. The first-order valence-electron chi connectivity index (χ1n) is 13.5. The molecule has 0 unspecified atom stereocenters. The van der Waals surface area contributed by atoms with Gasteiger partial charge in [0.1, 0.15) is 16.9 Å². The Hall–Kier alpha value is -2.65. The highest BCUT2D eigenvalue weighted by atomic mass is 16.7. The van der Waals surface area contributed by atoms with Crippen molar-refractivity contribution >= 4 is 40.6 Å². The van der Waals surface area contributed by atoms with Crippen molar-refractivity contribution in [1.82, 2.24) is 19.4 Å². The minimum atomic E-state index is -0.512. The van der Waals surface area contributed by atoms with Gasteiger partial charge in [0.05, 0.1) is 34.5 Å². The number of carbonyl (C=O) groups is 1. The SMILES string of the molecule is CC(C)(C)OC(=O)N1CC[C@@H](n2c(C3CC3)nc3cnc4ccc(B5OC(C)(C)C(C)(C)O5)cc4c32)C1. The van der Waals surface area contributed by atoms with Crippen molar-refractivity contribution in [2.75, 3.05) is 13.1 Å². The monoisotopic (exact) mass is 504 g/mol. The van der Waals surface area contributed by atoms with Gasteiger partial charge in [-0.05, 0) is 79.3 Å². The second-order valence-corrected chi connectivity index (χ2v) is 12.8. The van der Waals surface area contributed by atoms with Crippen LogP contribution >= 0.6 is 0 Å². The molecule has 1 saturated carbocycles. The quantitative estimate of drug-likeness (QED) is 0.470. The Morgan fingerprint density at radius 3 is 2.43 bits per heavy atom. The van der Waals surface area contributed by atoms with E-state index in [-0.39, 0.29) is 12.1 Å². The van der Waals surface area contributed by atoms with Crippen LogP contribution in [0.2, 0.25) is 0 Å². The van der Waals surface area contributed by atoms with Crippen molar-refractivity contribution < 1.29 is 18.8 Å². The Kier molecular flexibility index (Phi) is 5.45. The van der Waals surface area contributed by atoms with E-state index in [1.165, 1.54) is 0 Å². The fourth-order valence-electron chi connectivity index (χ4n) is 5.38. The molecular weight excluding hydrogens is 467 g/mol. The molecule has 3 fully saturated rings. The smallest absolute Gasteiger partial charge is 0.444 e. The summed E-state index contributed by atoms with van der Waals surface area (Å²) in [5, 5.41) is 1.04. The Labute approximate surface area is 218 Å². The van der Waals surface area contributed by atoms with Crippen LogP contribution in [-0.4, -0.2) is 62.5 Å². The van der Waals surface area contributed by atoms with Crippen molar-refractivity contribution in [2.24, 2.45) is 0 Å². The van der Waals surface area contributed by atoms with Crippen LogP contribution in [-0.2, 0) is 14.0 Å². The van der Waals surface area contributed by atoms with E-state index >= 15 is 0 Å². The fraction of sp³-hybridized carbons (Fsp3) is 0.607. The van der Waals surface area contributed by atoms with Crippen LogP contribution in [0.25, 0.3) is 21.9 Å². The molecule has 2 saturated heterocycles. The Morgan fingerprint density at radius 1 is 1.08 bits per heavy atom. The van der Waals surface area contributed by atoms with E-state index in [1.807, 2.05) is 44.0 Å². The predicted octanol–water partition coefficient (Wildman–Crippen LogP) is 4.94. The molecule has 0 radical (unpaired) electrons. The second kappa shape index (κ2) is 8.17. The van der Waals surface area contributed by atoms with Crippen molar-refractivity contribution in [3.05, 3.63) is 30.2 Å². The third kappa shape index (κ3) is 4.30. The third-order valence-electron chi connectivity index (χ3n) is 8.22. The van der Waals surface area contributed by atoms with E-state index in [0.29, 0.717) is 19.0 Å². The second-order valence-electron chi connectivity index (χ2n) is 12.8. The average Bonchev–Trinajstić information content (AvgIpc) is 3.30. The van der Waals surface area contributed by atoms with Crippen LogP contribution < -0.4 is 5.46 Å². The molecule has 1 aliphatic carbocycles. The summed E-state index contributed by atoms with van der Waals surface area (Å²) in [6.07, 6.45) is 4.80. The number of pyridine rings is 1. The number of aromatic nitrogens is 3. The number of hydrogen-bond acceptors (Lipinski definition) is 6. The first-order chi connectivity index (χ1) is 17.3. The van der Waals surface area contributed by atoms with E-state index in [9.17, 15) is 4.79 Å². The number of likely N-dealkylation sites (tertiary alicyclic amines) is 1. The van der Waals surface area contributed by atoms with Gasteiger partial charge in [0.25, 0.3) is 0 Å². The normalized spacial score (nSPS) is 23.4. The molecule has 6 rings (SSSR count). The van der Waals surface area contributed by atoms with E-state index in [4.69, 9.17) is 24.0 Å². The van der Waals surface area contributed by atoms with Gasteiger partial charge in [-0.15, -0.1) is 0 Å². The van der Waals surface area contributed by atoms with Crippen LogP contribution in [0.15, 0.2) is 24.4 Å². The van der Waals surface area contributed by atoms with Crippen LogP contribution in [0, 0.1) is 0 Å². The number of amides is 1. The molecule has 196 valence electrons. The zero-order valence-corrected chi connectivity index (χ0v) is 23.0. The minimum Gasteiger partial charge on any atom is -0.444 e. The summed E-state index contributed by atoms with van der Waals surface area (Å²) >= 11 is 0. The molecule has 0 N–H and O–H groups in total. The maximum Gasteiger partial charge on any atom is 0.494 e. The Morgan fingerprint density at radius 2 is 1.78 bits per heavy atom. The summed E-state index contributed by atoms with van der Waals surface area (Å²) in [5.74, 6) is 1.57. The number of fused-ring (bicyclic) bond motifs is 3. The predicted molar refractivity (Wildman–Crippen MR) is 144 cm³/mol. The van der Waals surface area contributed by atoms with Crippen LogP contribution in [0.1, 0.15) is 85.5 Å². The highest BCUT2D eigenvalue weighted by Crippen LogP contribution is 2.44. The van der Waals surface area contributed by atoms with Gasteiger partial charge in [-0.2, -0.15) is 0 Å². The number of nitrogens with zero attached hydrogens (tertiary/aromatic N) is 4. The van der Waals surface area contributed by atoms with Gasteiger partial charge >= 0.3 is 13.2 Å².